The van der Waals surface area contributed by atoms with Gasteiger partial charge >= 0.3 is 11.9 Å². The van der Waals surface area contributed by atoms with Gasteiger partial charge in [-0.3, -0.25) is 0 Å². The second kappa shape index (κ2) is 5.97. The van der Waals surface area contributed by atoms with Crippen molar-refractivity contribution in [3.05, 3.63) is 71.3 Å². The van der Waals surface area contributed by atoms with Crippen LogP contribution in [-0.4, -0.2) is 32.4 Å². The lowest BCUT2D eigenvalue weighted by Crippen LogP contribution is -2.38. The molecule has 0 radical (unpaired) electrons. The van der Waals surface area contributed by atoms with Crippen molar-refractivity contribution >= 4 is 11.9 Å². The molecule has 114 valence electrons. The maximum absolute atomic E-state index is 11.7. The summed E-state index contributed by atoms with van der Waals surface area (Å²) in [5.74, 6) is -3.10. The van der Waals surface area contributed by atoms with Crippen LogP contribution in [0.1, 0.15) is 22.8 Å². The van der Waals surface area contributed by atoms with E-state index in [1.807, 2.05) is 0 Å². The van der Waals surface area contributed by atoms with E-state index < -0.39 is 23.6 Å². The molecule has 2 aromatic carbocycles. The zero-order valence-corrected chi connectivity index (χ0v) is 11.4. The Labute approximate surface area is 125 Å². The molecule has 2 unspecified atom stereocenters. The number of aliphatic hydroxyl groups excluding tert-OH is 1. The molecule has 0 heterocycles. The summed E-state index contributed by atoms with van der Waals surface area (Å²) in [5.41, 5.74) is -2.77. The molecule has 6 nitrogen and oxygen atoms in total. The molecule has 2 aromatic rings. The summed E-state index contributed by atoms with van der Waals surface area (Å²) >= 11 is 0. The second-order valence-electron chi connectivity index (χ2n) is 4.71. The molecular weight excluding hydrogens is 288 g/mol. The van der Waals surface area contributed by atoms with E-state index in [4.69, 9.17) is 5.11 Å². The van der Waals surface area contributed by atoms with E-state index in [0.29, 0.717) is 0 Å². The van der Waals surface area contributed by atoms with E-state index in [9.17, 15) is 24.9 Å². The van der Waals surface area contributed by atoms with Crippen molar-refractivity contribution in [1.29, 1.82) is 0 Å². The Bertz CT molecular complexity index is 697. The number of carboxylic acid groups (broad SMARTS) is 2. The Morgan fingerprint density at radius 3 is 2.00 bits per heavy atom. The third-order valence-corrected chi connectivity index (χ3v) is 3.38. The molecule has 2 atom stereocenters. The fourth-order valence-corrected chi connectivity index (χ4v) is 2.27. The molecule has 0 amide bonds. The van der Waals surface area contributed by atoms with Crippen molar-refractivity contribution in [3.8, 4) is 0 Å². The fourth-order valence-electron chi connectivity index (χ4n) is 2.27. The SMILES string of the molecule is O=C(O)C(O)c1ccccc1C(O)(C(=O)O)c1ccccc1. The number of carbonyl (C=O) groups is 2. The number of hydrogen-bond donors (Lipinski definition) is 4. The van der Waals surface area contributed by atoms with Crippen LogP contribution in [0.25, 0.3) is 0 Å². The van der Waals surface area contributed by atoms with Gasteiger partial charge in [-0.05, 0) is 11.1 Å². The topological polar surface area (TPSA) is 115 Å². The smallest absolute Gasteiger partial charge is 0.345 e. The summed E-state index contributed by atoms with van der Waals surface area (Å²) in [6.07, 6.45) is -1.94. The Morgan fingerprint density at radius 2 is 1.45 bits per heavy atom. The highest BCUT2D eigenvalue weighted by atomic mass is 16.4. The minimum absolute atomic E-state index is 0.0625. The minimum atomic E-state index is -2.46. The largest absolute Gasteiger partial charge is 0.479 e. The number of aliphatic hydroxyl groups is 2. The summed E-state index contributed by atoms with van der Waals surface area (Å²) in [7, 11) is 0. The van der Waals surface area contributed by atoms with Gasteiger partial charge in [-0.25, -0.2) is 9.59 Å². The number of hydrogen-bond acceptors (Lipinski definition) is 4. The summed E-state index contributed by atoms with van der Waals surface area (Å²) in [6.45, 7) is 0. The summed E-state index contributed by atoms with van der Waals surface area (Å²) in [6, 6.07) is 13.1. The molecule has 2 rings (SSSR count). The second-order valence-corrected chi connectivity index (χ2v) is 4.71. The molecule has 0 bridgehead atoms. The van der Waals surface area contributed by atoms with Gasteiger partial charge in [-0.2, -0.15) is 0 Å². The number of rotatable bonds is 5. The molecule has 0 saturated carbocycles. The van der Waals surface area contributed by atoms with Gasteiger partial charge < -0.3 is 20.4 Å². The van der Waals surface area contributed by atoms with Crippen LogP contribution < -0.4 is 0 Å². The first kappa shape index (κ1) is 15.7. The molecule has 4 N–H and O–H groups in total. The number of benzene rings is 2. The molecule has 0 aliphatic rings. The van der Waals surface area contributed by atoms with Crippen molar-refractivity contribution in [2.45, 2.75) is 11.7 Å². The van der Waals surface area contributed by atoms with E-state index in [-0.39, 0.29) is 16.7 Å². The standard InChI is InChI=1S/C16H14O6/c17-13(14(18)19)11-8-4-5-9-12(11)16(22,15(20)21)10-6-2-1-3-7-10/h1-9,13,17,22H,(H,18,19)(H,20,21). The molecule has 22 heavy (non-hydrogen) atoms. The lowest BCUT2D eigenvalue weighted by atomic mass is 9.82. The highest BCUT2D eigenvalue weighted by Crippen LogP contribution is 2.34. The average molecular weight is 302 g/mol. The first-order valence-electron chi connectivity index (χ1n) is 6.40. The highest BCUT2D eigenvalue weighted by molar-refractivity contribution is 5.85. The van der Waals surface area contributed by atoms with E-state index >= 15 is 0 Å². The van der Waals surface area contributed by atoms with E-state index in [2.05, 4.69) is 0 Å². The Hall–Kier alpha value is -2.70. The third-order valence-electron chi connectivity index (χ3n) is 3.38. The average Bonchev–Trinajstić information content (AvgIpc) is 2.54. The Balaban J connectivity index is 2.71. The lowest BCUT2D eigenvalue weighted by molar-refractivity contribution is -0.155. The summed E-state index contributed by atoms with van der Waals surface area (Å²) < 4.78 is 0. The maximum atomic E-state index is 11.7. The highest BCUT2D eigenvalue weighted by Gasteiger charge is 2.43. The van der Waals surface area contributed by atoms with Gasteiger partial charge in [-0.1, -0.05) is 54.6 Å². The molecule has 0 spiro atoms. The van der Waals surface area contributed by atoms with Crippen LogP contribution in [0.5, 0.6) is 0 Å². The molecule has 0 saturated heterocycles. The molecular formula is C16H14O6. The van der Waals surface area contributed by atoms with Crippen LogP contribution in [0.4, 0.5) is 0 Å². The van der Waals surface area contributed by atoms with Crippen LogP contribution in [-0.2, 0) is 15.2 Å². The summed E-state index contributed by atoms with van der Waals surface area (Å²) in [5, 5.41) is 39.0. The van der Waals surface area contributed by atoms with E-state index in [1.54, 1.807) is 18.2 Å². The molecule has 0 aliphatic carbocycles. The predicted octanol–water partition coefficient (Wildman–Crippen LogP) is 1.13. The summed E-state index contributed by atoms with van der Waals surface area (Å²) in [4.78, 5) is 22.7. The van der Waals surface area contributed by atoms with Crippen molar-refractivity contribution in [2.75, 3.05) is 0 Å². The lowest BCUT2D eigenvalue weighted by Gasteiger charge is -2.27. The fraction of sp³-hybridized carbons (Fsp3) is 0.125. The third kappa shape index (κ3) is 2.57. The van der Waals surface area contributed by atoms with Crippen molar-refractivity contribution in [2.24, 2.45) is 0 Å². The first-order valence-corrected chi connectivity index (χ1v) is 6.40. The Kier molecular flexibility index (Phi) is 4.25. The molecule has 0 fully saturated rings. The van der Waals surface area contributed by atoms with Crippen LogP contribution in [0, 0.1) is 0 Å². The molecule has 6 heteroatoms. The van der Waals surface area contributed by atoms with Crippen molar-refractivity contribution < 1.29 is 30.0 Å². The van der Waals surface area contributed by atoms with Crippen LogP contribution in [0.2, 0.25) is 0 Å². The van der Waals surface area contributed by atoms with Gasteiger partial charge in [0, 0.05) is 5.56 Å². The minimum Gasteiger partial charge on any atom is -0.479 e. The normalized spacial score (nSPS) is 14.8. The van der Waals surface area contributed by atoms with Gasteiger partial charge in [-0.15, -0.1) is 0 Å². The van der Waals surface area contributed by atoms with Crippen LogP contribution in [0.15, 0.2) is 54.6 Å². The van der Waals surface area contributed by atoms with Crippen LogP contribution >= 0.6 is 0 Å². The molecule has 0 aliphatic heterocycles. The van der Waals surface area contributed by atoms with Crippen molar-refractivity contribution in [3.63, 3.8) is 0 Å². The van der Waals surface area contributed by atoms with E-state index in [1.165, 1.54) is 36.4 Å². The zero-order chi connectivity index (χ0) is 16.3. The monoisotopic (exact) mass is 302 g/mol. The van der Waals surface area contributed by atoms with Gasteiger partial charge in [0.25, 0.3) is 0 Å². The predicted molar refractivity (Wildman–Crippen MR) is 76.1 cm³/mol. The first-order chi connectivity index (χ1) is 10.4. The van der Waals surface area contributed by atoms with E-state index in [0.717, 1.165) is 0 Å². The zero-order valence-electron chi connectivity index (χ0n) is 11.4. The molecule has 0 aromatic heterocycles. The van der Waals surface area contributed by atoms with Crippen LogP contribution in [0.3, 0.4) is 0 Å². The van der Waals surface area contributed by atoms with Gasteiger partial charge in [0.1, 0.15) is 0 Å². The quantitative estimate of drug-likeness (QED) is 0.658. The van der Waals surface area contributed by atoms with Gasteiger partial charge in [0.15, 0.2) is 6.10 Å². The maximum Gasteiger partial charge on any atom is 0.345 e. The Morgan fingerprint density at radius 1 is 0.909 bits per heavy atom. The number of aliphatic carboxylic acids is 2. The van der Waals surface area contributed by atoms with Gasteiger partial charge in [0.05, 0.1) is 0 Å². The number of carboxylic acids is 2. The van der Waals surface area contributed by atoms with Crippen molar-refractivity contribution in [1.82, 2.24) is 0 Å². The van der Waals surface area contributed by atoms with Gasteiger partial charge in [0.2, 0.25) is 5.60 Å².